The van der Waals surface area contributed by atoms with Gasteiger partial charge in [0.2, 0.25) is 0 Å². The Labute approximate surface area is 113 Å². The van der Waals surface area contributed by atoms with Crippen molar-refractivity contribution in [3.05, 3.63) is 34.2 Å². The number of carbonyl (C=O) groups excluding carboxylic acids is 1. The normalized spacial score (nSPS) is 23.1. The van der Waals surface area contributed by atoms with Crippen molar-refractivity contribution in [2.24, 2.45) is 0 Å². The molecule has 1 amide bonds. The molecule has 0 saturated heterocycles. The maximum absolute atomic E-state index is 12.3. The highest BCUT2D eigenvalue weighted by atomic mass is 16.2. The second-order valence-electron chi connectivity index (χ2n) is 5.12. The van der Waals surface area contributed by atoms with Gasteiger partial charge in [0.15, 0.2) is 0 Å². The second-order valence-corrected chi connectivity index (χ2v) is 5.12. The van der Waals surface area contributed by atoms with Crippen LogP contribution in [-0.2, 0) is 0 Å². The van der Waals surface area contributed by atoms with Crippen LogP contribution in [0.15, 0.2) is 23.1 Å². The molecular weight excluding hydrogens is 242 g/mol. The summed E-state index contributed by atoms with van der Waals surface area (Å²) in [6.07, 6.45) is 5.65. The van der Waals surface area contributed by atoms with Gasteiger partial charge in [-0.3, -0.25) is 9.59 Å². The first-order valence-corrected chi connectivity index (χ1v) is 6.75. The van der Waals surface area contributed by atoms with Crippen LogP contribution in [0.1, 0.15) is 36.0 Å². The van der Waals surface area contributed by atoms with Crippen LogP contribution in [0.3, 0.4) is 0 Å². The predicted octanol–water partition coefficient (Wildman–Crippen LogP) is 0.977. The summed E-state index contributed by atoms with van der Waals surface area (Å²) in [4.78, 5) is 28.2. The van der Waals surface area contributed by atoms with Crippen LogP contribution in [0.2, 0.25) is 0 Å². The molecule has 19 heavy (non-hydrogen) atoms. The minimum atomic E-state index is -0.316. The van der Waals surface area contributed by atoms with Crippen LogP contribution < -0.4 is 10.9 Å². The summed E-state index contributed by atoms with van der Waals surface area (Å²) in [5.41, 5.74) is -0.0935. The summed E-state index contributed by atoms with van der Waals surface area (Å²) < 4.78 is 0. The van der Waals surface area contributed by atoms with Gasteiger partial charge in [0.25, 0.3) is 11.5 Å². The van der Waals surface area contributed by atoms with E-state index in [4.69, 9.17) is 0 Å². The van der Waals surface area contributed by atoms with E-state index < -0.39 is 0 Å². The van der Waals surface area contributed by atoms with Gasteiger partial charge in [-0.1, -0.05) is 0 Å². The lowest BCUT2D eigenvalue weighted by Gasteiger charge is -2.34. The lowest BCUT2D eigenvalue weighted by Crippen LogP contribution is -2.43. The van der Waals surface area contributed by atoms with Crippen molar-refractivity contribution in [2.75, 3.05) is 14.1 Å². The van der Waals surface area contributed by atoms with Crippen molar-refractivity contribution < 1.29 is 4.79 Å². The molecule has 0 bridgehead atoms. The molecule has 5 nitrogen and oxygen atoms in total. The zero-order valence-electron chi connectivity index (χ0n) is 11.5. The summed E-state index contributed by atoms with van der Waals surface area (Å²) in [7, 11) is 3.77. The summed E-state index contributed by atoms with van der Waals surface area (Å²) in [6, 6.07) is 4.05. The van der Waals surface area contributed by atoms with E-state index in [1.807, 2.05) is 7.05 Å². The molecule has 1 fully saturated rings. The van der Waals surface area contributed by atoms with Gasteiger partial charge >= 0.3 is 0 Å². The van der Waals surface area contributed by atoms with E-state index in [-0.39, 0.29) is 23.1 Å². The number of aromatic nitrogens is 1. The Morgan fingerprint density at radius 3 is 2.63 bits per heavy atom. The molecule has 2 rings (SSSR count). The number of carbonyl (C=O) groups is 1. The molecule has 1 aromatic rings. The number of nitrogens with one attached hydrogen (secondary N) is 2. The maximum Gasteiger partial charge on any atom is 0.260 e. The molecule has 1 saturated carbocycles. The standard InChI is InChI=1S/C14H21N3O2/c1-15-10-5-7-11(8-6-10)17(2)14(19)12-4-3-9-16-13(12)18/h3-4,9-11,15H,5-8H2,1-2H3,(H,16,18). The van der Waals surface area contributed by atoms with Crippen molar-refractivity contribution >= 4 is 5.91 Å². The van der Waals surface area contributed by atoms with Gasteiger partial charge in [0.05, 0.1) is 0 Å². The minimum Gasteiger partial charge on any atom is -0.339 e. The molecule has 1 aromatic heterocycles. The summed E-state index contributed by atoms with van der Waals surface area (Å²) >= 11 is 0. The van der Waals surface area contributed by atoms with Crippen LogP contribution in [0.4, 0.5) is 0 Å². The van der Waals surface area contributed by atoms with Crippen molar-refractivity contribution in [1.82, 2.24) is 15.2 Å². The van der Waals surface area contributed by atoms with E-state index in [1.165, 1.54) is 6.20 Å². The molecule has 0 aliphatic heterocycles. The first kappa shape index (κ1) is 13.8. The number of rotatable bonds is 3. The molecule has 1 heterocycles. The SMILES string of the molecule is CNC1CCC(N(C)C(=O)c2ccc[nH]c2=O)CC1. The first-order valence-electron chi connectivity index (χ1n) is 6.75. The van der Waals surface area contributed by atoms with E-state index in [2.05, 4.69) is 10.3 Å². The molecule has 5 heteroatoms. The Bertz CT molecular complexity index is 489. The quantitative estimate of drug-likeness (QED) is 0.854. The molecule has 1 aliphatic carbocycles. The van der Waals surface area contributed by atoms with Crippen LogP contribution in [0.5, 0.6) is 0 Å². The molecule has 0 unspecified atom stereocenters. The fraction of sp³-hybridized carbons (Fsp3) is 0.571. The van der Waals surface area contributed by atoms with Crippen molar-refractivity contribution in [1.29, 1.82) is 0 Å². The van der Waals surface area contributed by atoms with Crippen molar-refractivity contribution in [3.8, 4) is 0 Å². The van der Waals surface area contributed by atoms with E-state index >= 15 is 0 Å². The molecule has 104 valence electrons. The topological polar surface area (TPSA) is 65.2 Å². The highest BCUT2D eigenvalue weighted by molar-refractivity contribution is 5.93. The average Bonchev–Trinajstić information content (AvgIpc) is 2.46. The number of pyridine rings is 1. The van der Waals surface area contributed by atoms with Crippen molar-refractivity contribution in [2.45, 2.75) is 37.8 Å². The summed E-state index contributed by atoms with van der Waals surface area (Å²) in [6.45, 7) is 0. The van der Waals surface area contributed by atoms with Crippen LogP contribution in [0.25, 0.3) is 0 Å². The molecule has 0 spiro atoms. The van der Waals surface area contributed by atoms with Gasteiger partial charge in [-0.2, -0.15) is 0 Å². The Morgan fingerprint density at radius 1 is 1.37 bits per heavy atom. The van der Waals surface area contributed by atoms with Gasteiger partial charge in [-0.05, 0) is 44.9 Å². The Kier molecular flexibility index (Phi) is 4.37. The van der Waals surface area contributed by atoms with E-state index in [9.17, 15) is 9.59 Å². The number of nitrogens with zero attached hydrogens (tertiary/aromatic N) is 1. The lowest BCUT2D eigenvalue weighted by atomic mass is 9.90. The third-order valence-electron chi connectivity index (χ3n) is 4.02. The third-order valence-corrected chi connectivity index (χ3v) is 4.02. The van der Waals surface area contributed by atoms with E-state index in [0.717, 1.165) is 25.7 Å². The van der Waals surface area contributed by atoms with Gasteiger partial charge in [0.1, 0.15) is 5.56 Å². The largest absolute Gasteiger partial charge is 0.339 e. The molecule has 0 aromatic carbocycles. The fourth-order valence-corrected chi connectivity index (χ4v) is 2.70. The molecule has 2 N–H and O–H groups in total. The molecule has 0 radical (unpaired) electrons. The number of hydrogen-bond donors (Lipinski definition) is 2. The van der Waals surface area contributed by atoms with Crippen LogP contribution >= 0.6 is 0 Å². The Hall–Kier alpha value is -1.62. The summed E-state index contributed by atoms with van der Waals surface area (Å²) in [5, 5.41) is 3.27. The monoisotopic (exact) mass is 263 g/mol. The summed E-state index contributed by atoms with van der Waals surface area (Å²) in [5.74, 6) is -0.185. The zero-order chi connectivity index (χ0) is 13.8. The minimum absolute atomic E-state index is 0.185. The highest BCUT2D eigenvalue weighted by Gasteiger charge is 2.27. The Balaban J connectivity index is 2.04. The van der Waals surface area contributed by atoms with Gasteiger partial charge < -0.3 is 15.2 Å². The molecular formula is C14H21N3O2. The van der Waals surface area contributed by atoms with Gasteiger partial charge in [0, 0.05) is 25.3 Å². The van der Waals surface area contributed by atoms with Gasteiger partial charge in [-0.25, -0.2) is 0 Å². The number of H-pyrrole nitrogens is 1. The fourth-order valence-electron chi connectivity index (χ4n) is 2.70. The van der Waals surface area contributed by atoms with E-state index in [0.29, 0.717) is 6.04 Å². The van der Waals surface area contributed by atoms with Crippen LogP contribution in [-0.4, -0.2) is 42.0 Å². The Morgan fingerprint density at radius 2 is 2.05 bits per heavy atom. The lowest BCUT2D eigenvalue weighted by molar-refractivity contribution is 0.0684. The predicted molar refractivity (Wildman–Crippen MR) is 74.3 cm³/mol. The van der Waals surface area contributed by atoms with Gasteiger partial charge in [-0.15, -0.1) is 0 Å². The number of hydrogen-bond acceptors (Lipinski definition) is 3. The highest BCUT2D eigenvalue weighted by Crippen LogP contribution is 2.22. The van der Waals surface area contributed by atoms with Crippen LogP contribution in [0, 0.1) is 0 Å². The zero-order valence-corrected chi connectivity index (χ0v) is 11.5. The molecule has 0 atom stereocenters. The third kappa shape index (κ3) is 3.04. The number of amides is 1. The van der Waals surface area contributed by atoms with E-state index in [1.54, 1.807) is 24.1 Å². The first-order chi connectivity index (χ1) is 9.13. The smallest absolute Gasteiger partial charge is 0.260 e. The average molecular weight is 263 g/mol. The molecule has 1 aliphatic rings. The number of aromatic amines is 1. The second kappa shape index (κ2) is 6.02. The van der Waals surface area contributed by atoms with Crippen molar-refractivity contribution in [3.63, 3.8) is 0 Å². The maximum atomic E-state index is 12.3.